The fourth-order valence-electron chi connectivity index (χ4n) is 2.49. The Bertz CT molecular complexity index is 385. The Kier molecular flexibility index (Phi) is 4.46. The summed E-state index contributed by atoms with van der Waals surface area (Å²) in [5.74, 6) is 1.03. The average Bonchev–Trinajstić information content (AvgIpc) is 2.77. The lowest BCUT2D eigenvalue weighted by Crippen LogP contribution is -2.33. The predicted molar refractivity (Wildman–Crippen MR) is 71.6 cm³/mol. The molecule has 0 spiro atoms. The predicted octanol–water partition coefficient (Wildman–Crippen LogP) is 3.49. The Labute approximate surface area is 112 Å². The molecular formula is C14H19ClFNO. The van der Waals surface area contributed by atoms with Crippen LogP contribution in [0.3, 0.4) is 0 Å². The standard InChI is InChI=1S/C14H19ClFNO/c1-9(2)14(10-3-4-17-8-10)18-13-6-11(15)5-12(16)7-13/h5-7,9-10,14,17H,3-4,8H2,1-2H3/t10-,14+/m0/s1. The van der Waals surface area contributed by atoms with Crippen LogP contribution in [0.5, 0.6) is 5.75 Å². The lowest BCUT2D eigenvalue weighted by molar-refractivity contribution is 0.0970. The Morgan fingerprint density at radius 3 is 2.72 bits per heavy atom. The molecule has 1 aliphatic rings. The highest BCUT2D eigenvalue weighted by molar-refractivity contribution is 6.30. The fourth-order valence-corrected chi connectivity index (χ4v) is 2.70. The molecule has 1 saturated heterocycles. The minimum Gasteiger partial charge on any atom is -0.490 e. The van der Waals surface area contributed by atoms with Crippen molar-refractivity contribution < 1.29 is 9.13 Å². The third-order valence-corrected chi connectivity index (χ3v) is 3.55. The van der Waals surface area contributed by atoms with E-state index in [1.165, 1.54) is 12.1 Å². The molecule has 0 amide bonds. The smallest absolute Gasteiger partial charge is 0.128 e. The normalized spacial score (nSPS) is 21.3. The first-order valence-electron chi connectivity index (χ1n) is 6.39. The van der Waals surface area contributed by atoms with Crippen LogP contribution in [0.4, 0.5) is 4.39 Å². The first kappa shape index (κ1) is 13.6. The van der Waals surface area contributed by atoms with E-state index < -0.39 is 0 Å². The van der Waals surface area contributed by atoms with E-state index in [1.807, 2.05) is 0 Å². The number of benzene rings is 1. The van der Waals surface area contributed by atoms with E-state index in [9.17, 15) is 4.39 Å². The summed E-state index contributed by atoms with van der Waals surface area (Å²) >= 11 is 5.84. The van der Waals surface area contributed by atoms with Crippen LogP contribution in [0.25, 0.3) is 0 Å². The number of hydrogen-bond donors (Lipinski definition) is 1. The molecule has 1 aromatic carbocycles. The Morgan fingerprint density at radius 2 is 2.17 bits per heavy atom. The van der Waals surface area contributed by atoms with Crippen LogP contribution in [0, 0.1) is 17.7 Å². The molecule has 2 nitrogen and oxygen atoms in total. The topological polar surface area (TPSA) is 21.3 Å². The van der Waals surface area contributed by atoms with Crippen LogP contribution in [-0.4, -0.2) is 19.2 Å². The number of rotatable bonds is 4. The van der Waals surface area contributed by atoms with Gasteiger partial charge in [-0.15, -0.1) is 0 Å². The summed E-state index contributed by atoms with van der Waals surface area (Å²) in [6.45, 7) is 6.25. The third kappa shape index (κ3) is 3.36. The van der Waals surface area contributed by atoms with Crippen LogP contribution >= 0.6 is 11.6 Å². The molecule has 0 aromatic heterocycles. The van der Waals surface area contributed by atoms with Gasteiger partial charge < -0.3 is 10.1 Å². The van der Waals surface area contributed by atoms with Gasteiger partial charge >= 0.3 is 0 Å². The zero-order valence-corrected chi connectivity index (χ0v) is 11.5. The lowest BCUT2D eigenvalue weighted by Gasteiger charge is -2.27. The first-order chi connectivity index (χ1) is 8.56. The molecule has 0 unspecified atom stereocenters. The van der Waals surface area contributed by atoms with Gasteiger partial charge in [0.2, 0.25) is 0 Å². The molecule has 1 aliphatic heterocycles. The van der Waals surface area contributed by atoms with Crippen molar-refractivity contribution >= 4 is 11.6 Å². The summed E-state index contributed by atoms with van der Waals surface area (Å²) in [5.41, 5.74) is 0. The molecule has 1 heterocycles. The molecule has 1 fully saturated rings. The molecular weight excluding hydrogens is 253 g/mol. The van der Waals surface area contributed by atoms with Crippen molar-refractivity contribution in [2.45, 2.75) is 26.4 Å². The maximum absolute atomic E-state index is 13.3. The lowest BCUT2D eigenvalue weighted by atomic mass is 9.92. The van der Waals surface area contributed by atoms with Crippen LogP contribution in [-0.2, 0) is 0 Å². The van der Waals surface area contributed by atoms with Gasteiger partial charge in [0.05, 0.1) is 0 Å². The van der Waals surface area contributed by atoms with E-state index in [-0.39, 0.29) is 11.9 Å². The van der Waals surface area contributed by atoms with Crippen LogP contribution in [0.1, 0.15) is 20.3 Å². The molecule has 2 rings (SSSR count). The Hall–Kier alpha value is -0.800. The minimum atomic E-state index is -0.357. The summed E-state index contributed by atoms with van der Waals surface area (Å²) < 4.78 is 19.2. The van der Waals surface area contributed by atoms with Gasteiger partial charge in [-0.2, -0.15) is 0 Å². The highest BCUT2D eigenvalue weighted by Gasteiger charge is 2.29. The van der Waals surface area contributed by atoms with Crippen molar-refractivity contribution in [1.82, 2.24) is 5.32 Å². The fraction of sp³-hybridized carbons (Fsp3) is 0.571. The molecule has 0 radical (unpaired) electrons. The maximum Gasteiger partial charge on any atom is 0.128 e. The molecule has 1 N–H and O–H groups in total. The average molecular weight is 272 g/mol. The van der Waals surface area contributed by atoms with Crippen LogP contribution < -0.4 is 10.1 Å². The maximum atomic E-state index is 13.3. The highest BCUT2D eigenvalue weighted by Crippen LogP contribution is 2.27. The number of nitrogens with one attached hydrogen (secondary N) is 1. The van der Waals surface area contributed by atoms with Gasteiger partial charge in [0.25, 0.3) is 0 Å². The van der Waals surface area contributed by atoms with Crippen molar-refractivity contribution in [1.29, 1.82) is 0 Å². The number of ether oxygens (including phenoxy) is 1. The van der Waals surface area contributed by atoms with Crippen molar-refractivity contribution in [2.75, 3.05) is 13.1 Å². The minimum absolute atomic E-state index is 0.0952. The van der Waals surface area contributed by atoms with Gasteiger partial charge in [0, 0.05) is 23.6 Å². The van der Waals surface area contributed by atoms with Gasteiger partial charge in [0.15, 0.2) is 0 Å². The quantitative estimate of drug-likeness (QED) is 0.905. The van der Waals surface area contributed by atoms with Crippen molar-refractivity contribution in [2.24, 2.45) is 11.8 Å². The largest absolute Gasteiger partial charge is 0.490 e. The summed E-state index contributed by atoms with van der Waals surface area (Å²) in [7, 11) is 0. The summed E-state index contributed by atoms with van der Waals surface area (Å²) in [6, 6.07) is 4.35. The monoisotopic (exact) mass is 271 g/mol. The Balaban J connectivity index is 2.12. The van der Waals surface area contributed by atoms with Gasteiger partial charge in [-0.05, 0) is 31.0 Å². The van der Waals surface area contributed by atoms with E-state index in [4.69, 9.17) is 16.3 Å². The molecule has 18 heavy (non-hydrogen) atoms. The first-order valence-corrected chi connectivity index (χ1v) is 6.77. The molecule has 100 valence electrons. The van der Waals surface area contributed by atoms with Gasteiger partial charge in [0.1, 0.15) is 17.7 Å². The van der Waals surface area contributed by atoms with Crippen molar-refractivity contribution in [3.63, 3.8) is 0 Å². The Morgan fingerprint density at radius 1 is 1.39 bits per heavy atom. The SMILES string of the molecule is CC(C)[C@@H](Oc1cc(F)cc(Cl)c1)[C@H]1CCNC1. The van der Waals surface area contributed by atoms with E-state index in [1.54, 1.807) is 6.07 Å². The van der Waals surface area contributed by atoms with Crippen LogP contribution in [0.2, 0.25) is 5.02 Å². The zero-order chi connectivity index (χ0) is 13.1. The van der Waals surface area contributed by atoms with E-state index in [2.05, 4.69) is 19.2 Å². The van der Waals surface area contributed by atoms with Crippen LogP contribution in [0.15, 0.2) is 18.2 Å². The second-order valence-electron chi connectivity index (χ2n) is 5.18. The third-order valence-electron chi connectivity index (χ3n) is 3.33. The summed E-state index contributed by atoms with van der Waals surface area (Å²) in [5, 5.41) is 3.71. The van der Waals surface area contributed by atoms with E-state index >= 15 is 0 Å². The van der Waals surface area contributed by atoms with Gasteiger partial charge in [-0.3, -0.25) is 0 Å². The van der Waals surface area contributed by atoms with Crippen molar-refractivity contribution in [3.05, 3.63) is 29.0 Å². The second kappa shape index (κ2) is 5.89. The number of hydrogen-bond acceptors (Lipinski definition) is 2. The molecule has 1 aromatic rings. The summed E-state index contributed by atoms with van der Waals surface area (Å²) in [6.07, 6.45) is 1.20. The number of halogens is 2. The van der Waals surface area contributed by atoms with Crippen molar-refractivity contribution in [3.8, 4) is 5.75 Å². The molecule has 0 bridgehead atoms. The summed E-state index contributed by atoms with van der Waals surface area (Å²) in [4.78, 5) is 0. The molecule has 0 aliphatic carbocycles. The highest BCUT2D eigenvalue weighted by atomic mass is 35.5. The molecule has 0 saturated carbocycles. The van der Waals surface area contributed by atoms with Gasteiger partial charge in [-0.25, -0.2) is 4.39 Å². The molecule has 4 heteroatoms. The van der Waals surface area contributed by atoms with E-state index in [0.29, 0.717) is 22.6 Å². The zero-order valence-electron chi connectivity index (χ0n) is 10.7. The van der Waals surface area contributed by atoms with Gasteiger partial charge in [-0.1, -0.05) is 25.4 Å². The molecule has 2 atom stereocenters. The van der Waals surface area contributed by atoms with E-state index in [0.717, 1.165) is 19.5 Å². The second-order valence-corrected chi connectivity index (χ2v) is 5.62.